The summed E-state index contributed by atoms with van der Waals surface area (Å²) in [5, 5.41) is 4.91. The van der Waals surface area contributed by atoms with Gasteiger partial charge in [-0.1, -0.05) is 71.8 Å². The van der Waals surface area contributed by atoms with Gasteiger partial charge < -0.3 is 4.90 Å². The SMILES string of the molecule is Cc1ccc(-c2cnc3nc(/N=C(/c4ccccc4)N(C)C)nn3c2Cl)cc1. The lowest BCUT2D eigenvalue weighted by Crippen LogP contribution is -2.22. The van der Waals surface area contributed by atoms with Crippen LogP contribution in [0.2, 0.25) is 5.15 Å². The summed E-state index contributed by atoms with van der Waals surface area (Å²) < 4.78 is 1.52. The number of amidine groups is 1. The summed E-state index contributed by atoms with van der Waals surface area (Å²) >= 11 is 6.61. The number of nitrogens with zero attached hydrogens (tertiary/aromatic N) is 6. The Labute approximate surface area is 168 Å². The summed E-state index contributed by atoms with van der Waals surface area (Å²) in [6.45, 7) is 2.05. The molecule has 0 spiro atoms. The van der Waals surface area contributed by atoms with Crippen LogP contribution in [0.3, 0.4) is 0 Å². The monoisotopic (exact) mass is 390 g/mol. The molecule has 2 aromatic heterocycles. The number of aryl methyl sites for hydroxylation is 1. The summed E-state index contributed by atoms with van der Waals surface area (Å²) in [4.78, 5) is 15.4. The molecule has 0 bridgehead atoms. The second-order valence-corrected chi connectivity index (χ2v) is 7.01. The molecule has 6 nitrogen and oxygen atoms in total. The van der Waals surface area contributed by atoms with Gasteiger partial charge in [-0.25, -0.2) is 4.98 Å². The minimum atomic E-state index is 0.308. The number of aromatic nitrogens is 4. The van der Waals surface area contributed by atoms with Crippen molar-refractivity contribution in [3.63, 3.8) is 0 Å². The van der Waals surface area contributed by atoms with Crippen molar-refractivity contribution in [3.8, 4) is 11.1 Å². The molecule has 0 aliphatic carbocycles. The zero-order valence-corrected chi connectivity index (χ0v) is 16.6. The van der Waals surface area contributed by atoms with Gasteiger partial charge >= 0.3 is 0 Å². The maximum Gasteiger partial charge on any atom is 0.272 e. The van der Waals surface area contributed by atoms with E-state index in [0.29, 0.717) is 16.9 Å². The summed E-state index contributed by atoms with van der Waals surface area (Å²) in [6.07, 6.45) is 1.72. The first-order valence-electron chi connectivity index (χ1n) is 8.82. The molecule has 0 amide bonds. The second kappa shape index (κ2) is 7.40. The van der Waals surface area contributed by atoms with Crippen LogP contribution in [0, 0.1) is 6.92 Å². The predicted octanol–water partition coefficient (Wildman–Crippen LogP) is 4.39. The van der Waals surface area contributed by atoms with Crippen LogP contribution < -0.4 is 0 Å². The molecule has 140 valence electrons. The van der Waals surface area contributed by atoms with Crippen LogP contribution in [-0.4, -0.2) is 44.4 Å². The van der Waals surface area contributed by atoms with Crippen LogP contribution in [0.4, 0.5) is 5.95 Å². The van der Waals surface area contributed by atoms with Gasteiger partial charge in [-0.05, 0) is 12.5 Å². The fourth-order valence-electron chi connectivity index (χ4n) is 2.88. The average Bonchev–Trinajstić information content (AvgIpc) is 3.12. The lowest BCUT2D eigenvalue weighted by Gasteiger charge is -2.14. The normalized spacial score (nSPS) is 11.8. The van der Waals surface area contributed by atoms with E-state index >= 15 is 0 Å². The van der Waals surface area contributed by atoms with Gasteiger partial charge in [0.25, 0.3) is 11.7 Å². The molecule has 0 fully saturated rings. The van der Waals surface area contributed by atoms with Crippen LogP contribution in [0.5, 0.6) is 0 Å². The van der Waals surface area contributed by atoms with E-state index in [2.05, 4.69) is 20.1 Å². The summed E-state index contributed by atoms with van der Waals surface area (Å²) in [5.41, 5.74) is 3.93. The highest BCUT2D eigenvalue weighted by atomic mass is 35.5. The van der Waals surface area contributed by atoms with E-state index in [1.165, 1.54) is 10.1 Å². The quantitative estimate of drug-likeness (QED) is 0.295. The van der Waals surface area contributed by atoms with E-state index < -0.39 is 0 Å². The van der Waals surface area contributed by atoms with Crippen LogP contribution in [0.25, 0.3) is 16.9 Å². The number of benzene rings is 2. The Hall–Kier alpha value is -3.25. The Kier molecular flexibility index (Phi) is 4.79. The first-order valence-corrected chi connectivity index (χ1v) is 9.20. The lowest BCUT2D eigenvalue weighted by molar-refractivity contribution is 0.623. The third kappa shape index (κ3) is 3.46. The fourth-order valence-corrected chi connectivity index (χ4v) is 3.15. The largest absolute Gasteiger partial charge is 0.362 e. The number of halogens is 1. The van der Waals surface area contributed by atoms with Crippen LogP contribution >= 0.6 is 11.6 Å². The van der Waals surface area contributed by atoms with Crippen LogP contribution in [0.15, 0.2) is 65.8 Å². The average molecular weight is 391 g/mol. The maximum absolute atomic E-state index is 6.61. The van der Waals surface area contributed by atoms with Crippen molar-refractivity contribution in [3.05, 3.63) is 77.1 Å². The number of rotatable bonds is 3. The van der Waals surface area contributed by atoms with Gasteiger partial charge in [-0.15, -0.1) is 5.10 Å². The summed E-state index contributed by atoms with van der Waals surface area (Å²) in [7, 11) is 3.87. The molecule has 0 saturated heterocycles. The van der Waals surface area contributed by atoms with Crippen molar-refractivity contribution in [2.75, 3.05) is 14.1 Å². The van der Waals surface area contributed by atoms with Gasteiger partial charge in [-0.2, -0.15) is 14.5 Å². The highest BCUT2D eigenvalue weighted by molar-refractivity contribution is 6.32. The molecular formula is C21H19ClN6. The Bertz CT molecular complexity index is 1150. The van der Waals surface area contributed by atoms with Crippen molar-refractivity contribution in [2.24, 2.45) is 4.99 Å². The minimum absolute atomic E-state index is 0.308. The standard InChI is InChI=1S/C21H19ClN6/c1-14-9-11-15(12-10-14)17-13-23-21-25-20(26-28(21)18(17)22)24-19(27(2)3)16-7-5-4-6-8-16/h4-13H,1-3H3/b24-19-. The smallest absolute Gasteiger partial charge is 0.272 e. The Morgan fingerprint density at radius 1 is 1.04 bits per heavy atom. The van der Waals surface area contributed by atoms with Crippen molar-refractivity contribution in [2.45, 2.75) is 6.92 Å². The molecule has 0 N–H and O–H groups in total. The minimum Gasteiger partial charge on any atom is -0.362 e. The molecule has 4 rings (SSSR count). The van der Waals surface area contributed by atoms with E-state index in [4.69, 9.17) is 11.6 Å². The topological polar surface area (TPSA) is 58.7 Å². The van der Waals surface area contributed by atoms with Crippen LogP contribution in [0.1, 0.15) is 11.1 Å². The fraction of sp³-hybridized carbons (Fsp3) is 0.143. The number of fused-ring (bicyclic) bond motifs is 1. The van der Waals surface area contributed by atoms with E-state index in [9.17, 15) is 0 Å². The molecule has 7 heteroatoms. The van der Waals surface area contributed by atoms with E-state index in [1.807, 2.05) is 80.5 Å². The van der Waals surface area contributed by atoms with E-state index in [-0.39, 0.29) is 0 Å². The Morgan fingerprint density at radius 3 is 2.43 bits per heavy atom. The van der Waals surface area contributed by atoms with Crippen LogP contribution in [-0.2, 0) is 0 Å². The number of hydrogen-bond acceptors (Lipinski definition) is 4. The molecule has 0 unspecified atom stereocenters. The Balaban J connectivity index is 1.79. The molecule has 0 atom stereocenters. The van der Waals surface area contributed by atoms with E-state index in [0.717, 1.165) is 22.5 Å². The first kappa shape index (κ1) is 18.1. The van der Waals surface area contributed by atoms with Gasteiger partial charge in [-0.3, -0.25) is 0 Å². The molecular weight excluding hydrogens is 372 g/mol. The van der Waals surface area contributed by atoms with E-state index in [1.54, 1.807) is 6.20 Å². The highest BCUT2D eigenvalue weighted by Gasteiger charge is 2.14. The highest BCUT2D eigenvalue weighted by Crippen LogP contribution is 2.28. The zero-order valence-electron chi connectivity index (χ0n) is 15.8. The van der Waals surface area contributed by atoms with Gasteiger partial charge in [0, 0.05) is 31.4 Å². The van der Waals surface area contributed by atoms with Gasteiger partial charge in [0.15, 0.2) is 0 Å². The molecule has 2 heterocycles. The molecule has 4 aromatic rings. The molecule has 0 saturated carbocycles. The van der Waals surface area contributed by atoms with Crippen molar-refractivity contribution >= 4 is 29.2 Å². The van der Waals surface area contributed by atoms with Gasteiger partial charge in [0.2, 0.25) is 0 Å². The summed E-state index contributed by atoms with van der Waals surface area (Å²) in [6, 6.07) is 18.0. The molecule has 0 aliphatic rings. The zero-order chi connectivity index (χ0) is 19.7. The molecule has 2 aromatic carbocycles. The lowest BCUT2D eigenvalue weighted by atomic mass is 10.1. The third-order valence-electron chi connectivity index (χ3n) is 4.32. The van der Waals surface area contributed by atoms with Gasteiger partial charge in [0.1, 0.15) is 11.0 Å². The molecule has 0 aliphatic heterocycles. The maximum atomic E-state index is 6.61. The number of aliphatic imine (C=N–C) groups is 1. The Morgan fingerprint density at radius 2 is 1.75 bits per heavy atom. The molecule has 28 heavy (non-hydrogen) atoms. The first-order chi connectivity index (χ1) is 13.5. The molecule has 0 radical (unpaired) electrons. The number of hydrogen-bond donors (Lipinski definition) is 0. The second-order valence-electron chi connectivity index (χ2n) is 6.65. The third-order valence-corrected chi connectivity index (χ3v) is 4.68. The van der Waals surface area contributed by atoms with Crippen molar-refractivity contribution in [1.82, 2.24) is 24.5 Å². The van der Waals surface area contributed by atoms with Gasteiger partial charge in [0.05, 0.1) is 0 Å². The predicted molar refractivity (Wildman–Crippen MR) is 112 cm³/mol. The summed E-state index contributed by atoms with van der Waals surface area (Å²) in [5.74, 6) is 1.47. The van der Waals surface area contributed by atoms with Crippen molar-refractivity contribution < 1.29 is 0 Å². The van der Waals surface area contributed by atoms with Crippen molar-refractivity contribution in [1.29, 1.82) is 0 Å².